The second-order valence-corrected chi connectivity index (χ2v) is 9.03. The first kappa shape index (κ1) is 16.5. The van der Waals surface area contributed by atoms with Crippen molar-refractivity contribution in [2.75, 3.05) is 6.54 Å². The number of hydrogen-bond donors (Lipinski definition) is 0. The van der Waals surface area contributed by atoms with Gasteiger partial charge in [-0.3, -0.25) is 9.36 Å². The monoisotopic (exact) mass is 374 g/mol. The lowest BCUT2D eigenvalue weighted by molar-refractivity contribution is 0.391. The summed E-state index contributed by atoms with van der Waals surface area (Å²) >= 11 is 1.09. The Morgan fingerprint density at radius 1 is 1.12 bits per heavy atom. The van der Waals surface area contributed by atoms with Gasteiger partial charge in [-0.1, -0.05) is 35.6 Å². The van der Waals surface area contributed by atoms with Gasteiger partial charge < -0.3 is 0 Å². The van der Waals surface area contributed by atoms with Crippen molar-refractivity contribution in [2.24, 2.45) is 0 Å². The zero-order valence-corrected chi connectivity index (χ0v) is 15.4. The quantitative estimate of drug-likeness (QED) is 0.708. The summed E-state index contributed by atoms with van der Waals surface area (Å²) in [5.74, 6) is 0. The van der Waals surface area contributed by atoms with E-state index in [9.17, 15) is 13.2 Å². The van der Waals surface area contributed by atoms with E-state index in [4.69, 9.17) is 0 Å². The van der Waals surface area contributed by atoms with E-state index in [1.165, 1.54) is 9.87 Å². The molecule has 3 aromatic rings. The van der Waals surface area contributed by atoms with Crippen LogP contribution in [0.4, 0.5) is 0 Å². The van der Waals surface area contributed by atoms with Gasteiger partial charge in [-0.2, -0.15) is 4.31 Å². The number of rotatable bonds is 3. The van der Waals surface area contributed by atoms with E-state index in [1.54, 1.807) is 22.8 Å². The number of aromatic nitrogens is 1. The van der Waals surface area contributed by atoms with E-state index in [2.05, 4.69) is 6.07 Å². The molecule has 0 fully saturated rings. The predicted molar refractivity (Wildman–Crippen MR) is 99.5 cm³/mol. The van der Waals surface area contributed by atoms with Gasteiger partial charge in [0.15, 0.2) is 0 Å². The van der Waals surface area contributed by atoms with E-state index in [-0.39, 0.29) is 9.77 Å². The lowest BCUT2D eigenvalue weighted by Gasteiger charge is -2.28. The average molecular weight is 374 g/mol. The smallest absolute Gasteiger partial charge is 0.299 e. The number of fused-ring (bicyclic) bond motifs is 2. The SMILES string of the molecule is CCn1c(=O)sc2cc(S(=O)(=O)N3CCc4ccccc4C3)ccc21. The molecular formula is C18H18N2O3S2. The third-order valence-electron chi connectivity index (χ3n) is 4.69. The first-order valence-electron chi connectivity index (χ1n) is 8.21. The average Bonchev–Trinajstić information content (AvgIpc) is 2.95. The third-order valence-corrected chi connectivity index (χ3v) is 7.47. The molecule has 0 unspecified atom stereocenters. The van der Waals surface area contributed by atoms with Gasteiger partial charge in [0.2, 0.25) is 10.0 Å². The summed E-state index contributed by atoms with van der Waals surface area (Å²) in [6.07, 6.45) is 0.719. The first-order chi connectivity index (χ1) is 12.0. The number of sulfonamides is 1. The van der Waals surface area contributed by atoms with Gasteiger partial charge >= 0.3 is 4.87 Å². The summed E-state index contributed by atoms with van der Waals surface area (Å²) in [6.45, 7) is 3.35. The Balaban J connectivity index is 1.74. The summed E-state index contributed by atoms with van der Waals surface area (Å²) in [5.41, 5.74) is 3.06. The molecule has 0 saturated carbocycles. The first-order valence-corrected chi connectivity index (χ1v) is 10.5. The van der Waals surface area contributed by atoms with Crippen LogP contribution in [0.3, 0.4) is 0 Å². The van der Waals surface area contributed by atoms with Crippen molar-refractivity contribution in [3.05, 3.63) is 63.3 Å². The number of thiazole rings is 1. The minimum absolute atomic E-state index is 0.0565. The normalized spacial score (nSPS) is 15.4. The van der Waals surface area contributed by atoms with Crippen LogP contribution in [0.5, 0.6) is 0 Å². The van der Waals surface area contributed by atoms with Crippen LogP contribution in [-0.4, -0.2) is 23.8 Å². The molecule has 1 aliphatic rings. The van der Waals surface area contributed by atoms with Crippen LogP contribution in [0.25, 0.3) is 10.2 Å². The fourth-order valence-electron chi connectivity index (χ4n) is 3.33. The Morgan fingerprint density at radius 3 is 2.64 bits per heavy atom. The van der Waals surface area contributed by atoms with Crippen LogP contribution in [0, 0.1) is 0 Å². The van der Waals surface area contributed by atoms with Gasteiger partial charge in [-0.05, 0) is 42.7 Å². The Kier molecular flexibility index (Phi) is 4.02. The molecule has 2 heterocycles. The Morgan fingerprint density at radius 2 is 1.88 bits per heavy atom. The maximum Gasteiger partial charge on any atom is 0.308 e. The molecule has 5 nitrogen and oxygen atoms in total. The largest absolute Gasteiger partial charge is 0.308 e. The molecule has 0 radical (unpaired) electrons. The minimum atomic E-state index is -3.58. The molecule has 0 N–H and O–H groups in total. The lowest BCUT2D eigenvalue weighted by Crippen LogP contribution is -2.35. The molecule has 2 aromatic carbocycles. The molecule has 0 aliphatic carbocycles. The number of nitrogens with zero attached hydrogens (tertiary/aromatic N) is 2. The summed E-state index contributed by atoms with van der Waals surface area (Å²) in [5, 5.41) is 0. The number of hydrogen-bond acceptors (Lipinski definition) is 4. The topological polar surface area (TPSA) is 59.4 Å². The summed E-state index contributed by atoms with van der Waals surface area (Å²) in [4.78, 5) is 12.2. The molecule has 0 atom stereocenters. The maximum absolute atomic E-state index is 13.0. The zero-order valence-electron chi connectivity index (χ0n) is 13.8. The number of aryl methyl sites for hydroxylation is 1. The lowest BCUT2D eigenvalue weighted by atomic mass is 10.0. The molecule has 25 heavy (non-hydrogen) atoms. The maximum atomic E-state index is 13.0. The Bertz CT molecular complexity index is 1110. The standard InChI is InChI=1S/C18H18N2O3S2/c1-2-20-16-8-7-15(11-17(16)24-18(20)21)25(22,23)19-10-9-13-5-3-4-6-14(13)12-19/h3-8,11H,2,9-10,12H2,1H3. The van der Waals surface area contributed by atoms with Crippen LogP contribution >= 0.6 is 11.3 Å². The fourth-order valence-corrected chi connectivity index (χ4v) is 5.85. The van der Waals surface area contributed by atoms with Crippen LogP contribution in [0.2, 0.25) is 0 Å². The van der Waals surface area contributed by atoms with Crippen molar-refractivity contribution in [3.8, 4) is 0 Å². The zero-order chi connectivity index (χ0) is 17.6. The Labute approximate surface area is 150 Å². The highest BCUT2D eigenvalue weighted by Crippen LogP contribution is 2.27. The summed E-state index contributed by atoms with van der Waals surface area (Å²) in [6, 6.07) is 12.9. The van der Waals surface area contributed by atoms with Gasteiger partial charge in [0.05, 0.1) is 15.1 Å². The third kappa shape index (κ3) is 2.72. The highest BCUT2D eigenvalue weighted by Gasteiger charge is 2.28. The van der Waals surface area contributed by atoms with E-state index in [0.717, 1.165) is 28.8 Å². The van der Waals surface area contributed by atoms with Gasteiger partial charge in [-0.15, -0.1) is 0 Å². The highest BCUT2D eigenvalue weighted by molar-refractivity contribution is 7.89. The number of benzene rings is 2. The van der Waals surface area contributed by atoms with Gasteiger partial charge in [0, 0.05) is 19.6 Å². The molecule has 1 aromatic heterocycles. The molecule has 7 heteroatoms. The second kappa shape index (κ2) is 6.09. The van der Waals surface area contributed by atoms with Crippen molar-refractivity contribution >= 4 is 31.6 Å². The second-order valence-electron chi connectivity index (χ2n) is 6.10. The van der Waals surface area contributed by atoms with Crippen LogP contribution in [-0.2, 0) is 29.5 Å². The van der Waals surface area contributed by atoms with E-state index in [1.807, 2.05) is 25.1 Å². The van der Waals surface area contributed by atoms with Crippen molar-refractivity contribution in [1.82, 2.24) is 8.87 Å². The van der Waals surface area contributed by atoms with E-state index >= 15 is 0 Å². The highest BCUT2D eigenvalue weighted by atomic mass is 32.2. The van der Waals surface area contributed by atoms with E-state index in [0.29, 0.717) is 24.3 Å². The van der Waals surface area contributed by atoms with Gasteiger partial charge in [-0.25, -0.2) is 8.42 Å². The molecule has 0 spiro atoms. The van der Waals surface area contributed by atoms with Crippen LogP contribution in [0.15, 0.2) is 52.2 Å². The summed E-state index contributed by atoms with van der Waals surface area (Å²) < 4.78 is 30.0. The van der Waals surface area contributed by atoms with Crippen LogP contribution in [0.1, 0.15) is 18.1 Å². The van der Waals surface area contributed by atoms with Crippen molar-refractivity contribution < 1.29 is 8.42 Å². The molecule has 0 saturated heterocycles. The van der Waals surface area contributed by atoms with Gasteiger partial charge in [0.1, 0.15) is 0 Å². The Hall–Kier alpha value is -1.96. The molecule has 0 amide bonds. The van der Waals surface area contributed by atoms with Crippen molar-refractivity contribution in [3.63, 3.8) is 0 Å². The van der Waals surface area contributed by atoms with Gasteiger partial charge in [0.25, 0.3) is 0 Å². The molecule has 4 rings (SSSR count). The van der Waals surface area contributed by atoms with Crippen molar-refractivity contribution in [2.45, 2.75) is 31.3 Å². The molecule has 1 aliphatic heterocycles. The van der Waals surface area contributed by atoms with E-state index < -0.39 is 10.0 Å². The molecule has 130 valence electrons. The molecular weight excluding hydrogens is 356 g/mol. The van der Waals surface area contributed by atoms with Crippen LogP contribution < -0.4 is 4.87 Å². The summed E-state index contributed by atoms with van der Waals surface area (Å²) in [7, 11) is -3.58. The predicted octanol–water partition coefficient (Wildman–Crippen LogP) is 2.83. The molecule has 0 bridgehead atoms. The minimum Gasteiger partial charge on any atom is -0.299 e. The fraction of sp³-hybridized carbons (Fsp3) is 0.278. The van der Waals surface area contributed by atoms with Crippen molar-refractivity contribution in [1.29, 1.82) is 0 Å².